The summed E-state index contributed by atoms with van der Waals surface area (Å²) in [4.78, 5) is 25.0. The van der Waals surface area contributed by atoms with Gasteiger partial charge in [-0.1, -0.05) is 0 Å². The Hall–Kier alpha value is -1.58. The van der Waals surface area contributed by atoms with Gasteiger partial charge >= 0.3 is 0 Å². The fourth-order valence-electron chi connectivity index (χ4n) is 2.01. The topological polar surface area (TPSA) is 50.5 Å². The molecule has 1 amide bonds. The maximum absolute atomic E-state index is 12.2. The molecule has 1 fully saturated rings. The van der Waals surface area contributed by atoms with Crippen molar-refractivity contribution in [1.29, 1.82) is 0 Å². The van der Waals surface area contributed by atoms with E-state index in [0.717, 1.165) is 5.56 Å². The predicted octanol–water partition coefficient (Wildman–Crippen LogP) is 1.70. The molecule has 0 spiro atoms. The number of carbonyl (C=O) groups is 2. The van der Waals surface area contributed by atoms with Gasteiger partial charge in [-0.15, -0.1) is 0 Å². The van der Waals surface area contributed by atoms with Crippen molar-refractivity contribution >= 4 is 11.7 Å². The molecule has 2 heterocycles. The van der Waals surface area contributed by atoms with E-state index < -0.39 is 0 Å². The number of hydrogen-bond donors (Lipinski definition) is 0. The molecule has 0 N–H and O–H groups in total. The highest BCUT2D eigenvalue weighted by Crippen LogP contribution is 2.19. The second kappa shape index (κ2) is 4.12. The lowest BCUT2D eigenvalue weighted by atomic mass is 10.1. The van der Waals surface area contributed by atoms with Crippen molar-refractivity contribution in [1.82, 2.24) is 4.90 Å². The number of hydrogen-bond acceptors (Lipinski definition) is 3. The summed E-state index contributed by atoms with van der Waals surface area (Å²) in [5, 5.41) is 0. The molecule has 0 unspecified atom stereocenters. The summed E-state index contributed by atoms with van der Waals surface area (Å²) in [5.74, 6) is 0.875. The molecule has 16 heavy (non-hydrogen) atoms. The molecular weight excluding hydrogens is 206 g/mol. The molecule has 1 aromatic rings. The maximum atomic E-state index is 12.2. The first-order chi connectivity index (χ1) is 7.59. The number of carbonyl (C=O) groups excluding carboxylic acids is 2. The third-order valence-electron chi connectivity index (χ3n) is 2.98. The first kappa shape index (κ1) is 10.9. The minimum Gasteiger partial charge on any atom is -0.469 e. The van der Waals surface area contributed by atoms with Crippen LogP contribution >= 0.6 is 0 Å². The summed E-state index contributed by atoms with van der Waals surface area (Å²) in [6, 6.07) is 0. The van der Waals surface area contributed by atoms with E-state index in [1.54, 1.807) is 18.1 Å². The van der Waals surface area contributed by atoms with Gasteiger partial charge in [0.2, 0.25) is 0 Å². The Morgan fingerprint density at radius 2 is 1.94 bits per heavy atom. The first-order valence-corrected chi connectivity index (χ1v) is 5.45. The smallest absolute Gasteiger partial charge is 0.257 e. The molecule has 1 aliphatic heterocycles. The average Bonchev–Trinajstić information content (AvgIpc) is 2.59. The molecule has 1 aromatic heterocycles. The second-order valence-electron chi connectivity index (χ2n) is 4.18. The fourth-order valence-corrected chi connectivity index (χ4v) is 2.01. The van der Waals surface area contributed by atoms with E-state index in [9.17, 15) is 9.59 Å². The van der Waals surface area contributed by atoms with Crippen molar-refractivity contribution in [3.8, 4) is 0 Å². The van der Waals surface area contributed by atoms with Gasteiger partial charge in [0, 0.05) is 31.5 Å². The number of piperidine rings is 1. The summed E-state index contributed by atoms with van der Waals surface area (Å²) in [7, 11) is 0. The molecule has 1 aliphatic rings. The first-order valence-electron chi connectivity index (χ1n) is 5.45. The van der Waals surface area contributed by atoms with Gasteiger partial charge in [-0.2, -0.15) is 0 Å². The Morgan fingerprint density at radius 3 is 2.44 bits per heavy atom. The summed E-state index contributed by atoms with van der Waals surface area (Å²) >= 11 is 0. The average molecular weight is 221 g/mol. The van der Waals surface area contributed by atoms with Crippen molar-refractivity contribution in [3.05, 3.63) is 23.2 Å². The molecule has 0 aliphatic carbocycles. The van der Waals surface area contributed by atoms with Gasteiger partial charge in [-0.25, -0.2) is 0 Å². The van der Waals surface area contributed by atoms with Crippen LogP contribution in [0.3, 0.4) is 0 Å². The van der Waals surface area contributed by atoms with Gasteiger partial charge in [-0.3, -0.25) is 9.59 Å². The number of ketones is 1. The van der Waals surface area contributed by atoms with Crippen LogP contribution < -0.4 is 0 Å². The zero-order valence-electron chi connectivity index (χ0n) is 9.58. The number of furan rings is 1. The molecule has 86 valence electrons. The van der Waals surface area contributed by atoms with Crippen molar-refractivity contribution in [2.45, 2.75) is 26.7 Å². The summed E-state index contributed by atoms with van der Waals surface area (Å²) in [6.07, 6.45) is 2.54. The molecule has 0 aromatic carbocycles. The quantitative estimate of drug-likeness (QED) is 0.725. The molecule has 4 nitrogen and oxygen atoms in total. The van der Waals surface area contributed by atoms with Crippen LogP contribution in [0.4, 0.5) is 0 Å². The van der Waals surface area contributed by atoms with Crippen LogP contribution in [0.2, 0.25) is 0 Å². The Morgan fingerprint density at radius 1 is 1.31 bits per heavy atom. The van der Waals surface area contributed by atoms with Crippen LogP contribution in [0.5, 0.6) is 0 Å². The van der Waals surface area contributed by atoms with Gasteiger partial charge in [-0.05, 0) is 13.8 Å². The van der Waals surface area contributed by atoms with Crippen molar-refractivity contribution in [2.24, 2.45) is 0 Å². The van der Waals surface area contributed by atoms with Crippen molar-refractivity contribution in [2.75, 3.05) is 13.1 Å². The van der Waals surface area contributed by atoms with Crippen LogP contribution in [0, 0.1) is 13.8 Å². The third kappa shape index (κ3) is 1.87. The summed E-state index contributed by atoms with van der Waals surface area (Å²) < 4.78 is 5.21. The van der Waals surface area contributed by atoms with E-state index in [1.807, 2.05) is 6.92 Å². The van der Waals surface area contributed by atoms with Gasteiger partial charge in [0.05, 0.1) is 11.8 Å². The maximum Gasteiger partial charge on any atom is 0.257 e. The van der Waals surface area contributed by atoms with Crippen molar-refractivity contribution in [3.63, 3.8) is 0 Å². The number of amides is 1. The van der Waals surface area contributed by atoms with E-state index in [4.69, 9.17) is 4.42 Å². The molecular formula is C12H15NO3. The molecule has 4 heteroatoms. The second-order valence-corrected chi connectivity index (χ2v) is 4.18. The number of rotatable bonds is 1. The number of aryl methyl sites for hydroxylation is 2. The highest BCUT2D eigenvalue weighted by molar-refractivity contribution is 5.97. The van der Waals surface area contributed by atoms with Gasteiger partial charge in [0.15, 0.2) is 0 Å². The highest BCUT2D eigenvalue weighted by Gasteiger charge is 2.25. The van der Waals surface area contributed by atoms with Crippen molar-refractivity contribution < 1.29 is 14.0 Å². The number of likely N-dealkylation sites (tertiary alicyclic amines) is 1. The van der Waals surface area contributed by atoms with E-state index in [0.29, 0.717) is 37.3 Å². The Kier molecular flexibility index (Phi) is 2.81. The standard InChI is InChI=1S/C12H15NO3/c1-8-7-16-9(2)11(8)12(15)13-5-3-10(14)4-6-13/h7H,3-6H2,1-2H3. The van der Waals surface area contributed by atoms with Crippen LogP contribution in [0.1, 0.15) is 34.5 Å². The third-order valence-corrected chi connectivity index (χ3v) is 2.98. The van der Waals surface area contributed by atoms with E-state index in [-0.39, 0.29) is 11.7 Å². The molecule has 0 bridgehead atoms. The SMILES string of the molecule is Cc1coc(C)c1C(=O)N1CCC(=O)CC1. The van der Waals surface area contributed by atoms with Crippen LogP contribution in [-0.4, -0.2) is 29.7 Å². The van der Waals surface area contributed by atoms with Gasteiger partial charge in [0.25, 0.3) is 5.91 Å². The van der Waals surface area contributed by atoms with Crippen LogP contribution in [0.15, 0.2) is 10.7 Å². The summed E-state index contributed by atoms with van der Waals surface area (Å²) in [6.45, 7) is 4.71. The van der Waals surface area contributed by atoms with Gasteiger partial charge < -0.3 is 9.32 Å². The monoisotopic (exact) mass is 221 g/mol. The highest BCUT2D eigenvalue weighted by atomic mass is 16.3. The minimum atomic E-state index is -0.0174. The number of Topliss-reactive ketones (excluding diaryl/α,β-unsaturated/α-hetero) is 1. The summed E-state index contributed by atoms with van der Waals surface area (Å²) in [5.41, 5.74) is 1.51. The minimum absolute atomic E-state index is 0.0174. The molecule has 0 radical (unpaired) electrons. The Balaban J connectivity index is 2.17. The molecule has 1 saturated heterocycles. The van der Waals surface area contributed by atoms with E-state index in [1.165, 1.54) is 0 Å². The van der Waals surface area contributed by atoms with Gasteiger partial charge in [0.1, 0.15) is 11.5 Å². The Bertz CT molecular complexity index is 404. The zero-order chi connectivity index (χ0) is 11.7. The van der Waals surface area contributed by atoms with E-state index >= 15 is 0 Å². The molecule has 2 rings (SSSR count). The normalized spacial score (nSPS) is 16.6. The lowest BCUT2D eigenvalue weighted by Crippen LogP contribution is -2.38. The number of nitrogens with zero attached hydrogens (tertiary/aromatic N) is 1. The molecule has 0 saturated carbocycles. The predicted molar refractivity (Wildman–Crippen MR) is 58.3 cm³/mol. The fraction of sp³-hybridized carbons (Fsp3) is 0.500. The van der Waals surface area contributed by atoms with Crippen LogP contribution in [0.25, 0.3) is 0 Å². The van der Waals surface area contributed by atoms with Crippen LogP contribution in [-0.2, 0) is 4.79 Å². The Labute approximate surface area is 94.2 Å². The zero-order valence-corrected chi connectivity index (χ0v) is 9.58. The lowest BCUT2D eigenvalue weighted by Gasteiger charge is -2.26. The molecule has 0 atom stereocenters. The lowest BCUT2D eigenvalue weighted by molar-refractivity contribution is -0.120. The largest absolute Gasteiger partial charge is 0.469 e. The van der Waals surface area contributed by atoms with E-state index in [2.05, 4.69) is 0 Å².